The van der Waals surface area contributed by atoms with E-state index in [1.807, 2.05) is 17.0 Å². The highest BCUT2D eigenvalue weighted by Gasteiger charge is 2.22. The van der Waals surface area contributed by atoms with Crippen molar-refractivity contribution < 1.29 is 4.79 Å². The van der Waals surface area contributed by atoms with E-state index >= 15 is 0 Å². The normalized spacial score (nSPS) is 14.0. The SMILES string of the molecule is CN(C)Cc1ccc2sc(SCC(=O)N3CCCc4ccccc43)nc2c1. The Balaban J connectivity index is 1.45. The number of fused-ring (bicyclic) bond motifs is 2. The van der Waals surface area contributed by atoms with Gasteiger partial charge in [-0.1, -0.05) is 36.0 Å². The van der Waals surface area contributed by atoms with Crippen molar-refractivity contribution >= 4 is 44.9 Å². The van der Waals surface area contributed by atoms with Gasteiger partial charge in [0, 0.05) is 18.8 Å². The van der Waals surface area contributed by atoms with Crippen LogP contribution in [0.4, 0.5) is 5.69 Å². The molecule has 0 N–H and O–H groups in total. The molecule has 27 heavy (non-hydrogen) atoms. The van der Waals surface area contributed by atoms with Crippen LogP contribution < -0.4 is 4.90 Å². The number of aryl methyl sites for hydroxylation is 1. The van der Waals surface area contributed by atoms with Crippen molar-refractivity contribution in [2.24, 2.45) is 0 Å². The van der Waals surface area contributed by atoms with Crippen LogP contribution in [0.5, 0.6) is 0 Å². The van der Waals surface area contributed by atoms with E-state index < -0.39 is 0 Å². The summed E-state index contributed by atoms with van der Waals surface area (Å²) in [6.07, 6.45) is 2.09. The Kier molecular flexibility index (Phi) is 5.48. The summed E-state index contributed by atoms with van der Waals surface area (Å²) in [5, 5.41) is 0. The molecule has 2 aromatic carbocycles. The third kappa shape index (κ3) is 4.18. The second kappa shape index (κ2) is 8.00. The zero-order valence-corrected chi connectivity index (χ0v) is 17.3. The number of amides is 1. The van der Waals surface area contributed by atoms with Crippen molar-refractivity contribution in [3.05, 3.63) is 53.6 Å². The minimum absolute atomic E-state index is 0.166. The van der Waals surface area contributed by atoms with Crippen LogP contribution in [0.25, 0.3) is 10.2 Å². The first-order valence-electron chi connectivity index (χ1n) is 9.15. The fourth-order valence-corrected chi connectivity index (χ4v) is 5.40. The maximum absolute atomic E-state index is 12.8. The van der Waals surface area contributed by atoms with Gasteiger partial charge in [0.25, 0.3) is 0 Å². The Morgan fingerprint density at radius 2 is 2.11 bits per heavy atom. The fraction of sp³-hybridized carbons (Fsp3) is 0.333. The number of carbonyl (C=O) groups is 1. The van der Waals surface area contributed by atoms with Crippen LogP contribution in [0.3, 0.4) is 0 Å². The van der Waals surface area contributed by atoms with Gasteiger partial charge in [-0.25, -0.2) is 4.98 Å². The molecule has 0 radical (unpaired) electrons. The monoisotopic (exact) mass is 397 g/mol. The molecule has 0 aliphatic carbocycles. The van der Waals surface area contributed by atoms with Crippen LogP contribution >= 0.6 is 23.1 Å². The predicted molar refractivity (Wildman–Crippen MR) is 115 cm³/mol. The van der Waals surface area contributed by atoms with Gasteiger partial charge in [-0.2, -0.15) is 0 Å². The van der Waals surface area contributed by atoms with Gasteiger partial charge in [0.15, 0.2) is 4.34 Å². The molecule has 4 rings (SSSR count). The van der Waals surface area contributed by atoms with Gasteiger partial charge in [-0.3, -0.25) is 4.79 Å². The minimum atomic E-state index is 0.166. The van der Waals surface area contributed by atoms with Gasteiger partial charge in [0.1, 0.15) is 0 Å². The van der Waals surface area contributed by atoms with E-state index in [2.05, 4.69) is 49.3 Å². The van der Waals surface area contributed by atoms with Gasteiger partial charge in [-0.05, 0) is 56.3 Å². The maximum Gasteiger partial charge on any atom is 0.237 e. The smallest absolute Gasteiger partial charge is 0.237 e. The lowest BCUT2D eigenvalue weighted by Crippen LogP contribution is -2.36. The van der Waals surface area contributed by atoms with Crippen molar-refractivity contribution in [2.45, 2.75) is 23.7 Å². The number of hydrogen-bond donors (Lipinski definition) is 0. The van der Waals surface area contributed by atoms with Gasteiger partial charge in [0.2, 0.25) is 5.91 Å². The Morgan fingerprint density at radius 1 is 1.26 bits per heavy atom. The average molecular weight is 398 g/mol. The number of carbonyl (C=O) groups excluding carboxylic acids is 1. The fourth-order valence-electron chi connectivity index (χ4n) is 3.47. The van der Waals surface area contributed by atoms with E-state index in [4.69, 9.17) is 4.98 Å². The molecule has 1 aromatic heterocycles. The summed E-state index contributed by atoms with van der Waals surface area (Å²) in [5.74, 6) is 0.596. The van der Waals surface area contributed by atoms with Crippen LogP contribution in [0.2, 0.25) is 0 Å². The number of para-hydroxylation sites is 1. The van der Waals surface area contributed by atoms with Crippen LogP contribution in [-0.4, -0.2) is 42.2 Å². The highest BCUT2D eigenvalue weighted by Crippen LogP contribution is 2.32. The second-order valence-electron chi connectivity index (χ2n) is 7.09. The standard InChI is InChI=1S/C21H23N3OS2/c1-23(2)13-15-9-10-19-17(12-15)22-21(27-19)26-14-20(25)24-11-5-7-16-6-3-4-8-18(16)24/h3-4,6,8-10,12H,5,7,11,13-14H2,1-2H3. The molecule has 0 spiro atoms. The summed E-state index contributed by atoms with van der Waals surface area (Å²) in [5.41, 5.74) is 4.63. The largest absolute Gasteiger partial charge is 0.311 e. The molecule has 140 valence electrons. The summed E-state index contributed by atoms with van der Waals surface area (Å²) >= 11 is 3.21. The maximum atomic E-state index is 12.8. The number of aromatic nitrogens is 1. The van der Waals surface area contributed by atoms with Crippen molar-refractivity contribution in [3.63, 3.8) is 0 Å². The van der Waals surface area contributed by atoms with Gasteiger partial charge in [-0.15, -0.1) is 11.3 Å². The Labute approximate surface area is 168 Å². The van der Waals surface area contributed by atoms with Gasteiger partial charge < -0.3 is 9.80 Å². The molecule has 0 atom stereocenters. The van der Waals surface area contributed by atoms with E-state index in [1.54, 1.807) is 23.1 Å². The molecule has 0 saturated heterocycles. The first-order valence-corrected chi connectivity index (χ1v) is 11.0. The lowest BCUT2D eigenvalue weighted by atomic mass is 10.0. The average Bonchev–Trinajstić information content (AvgIpc) is 3.07. The Hall–Kier alpha value is -1.89. The third-order valence-electron chi connectivity index (χ3n) is 4.66. The minimum Gasteiger partial charge on any atom is -0.311 e. The Morgan fingerprint density at radius 3 is 2.96 bits per heavy atom. The first kappa shape index (κ1) is 18.5. The van der Waals surface area contributed by atoms with E-state index in [1.165, 1.54) is 15.8 Å². The number of thiazole rings is 1. The summed E-state index contributed by atoms with van der Waals surface area (Å²) < 4.78 is 2.14. The number of anilines is 1. The van der Waals surface area contributed by atoms with Crippen LogP contribution in [0.1, 0.15) is 17.5 Å². The molecule has 4 nitrogen and oxygen atoms in total. The third-order valence-corrected chi connectivity index (χ3v) is 6.83. The molecule has 1 aliphatic heterocycles. The van der Waals surface area contributed by atoms with Crippen LogP contribution in [0.15, 0.2) is 46.8 Å². The van der Waals surface area contributed by atoms with Crippen molar-refractivity contribution in [2.75, 3.05) is 31.3 Å². The molecular formula is C21H23N3OS2. The van der Waals surface area contributed by atoms with E-state index in [-0.39, 0.29) is 5.91 Å². The lowest BCUT2D eigenvalue weighted by molar-refractivity contribution is -0.116. The van der Waals surface area contributed by atoms with Crippen LogP contribution in [-0.2, 0) is 17.8 Å². The molecule has 2 heterocycles. The molecule has 1 aliphatic rings. The number of benzene rings is 2. The topological polar surface area (TPSA) is 36.4 Å². The summed E-state index contributed by atoms with van der Waals surface area (Å²) in [7, 11) is 4.13. The van der Waals surface area contributed by atoms with Crippen molar-refractivity contribution in [1.82, 2.24) is 9.88 Å². The summed E-state index contributed by atoms with van der Waals surface area (Å²) in [6.45, 7) is 1.72. The second-order valence-corrected chi connectivity index (χ2v) is 9.34. The molecule has 3 aromatic rings. The van der Waals surface area contributed by atoms with E-state index in [0.29, 0.717) is 5.75 Å². The highest BCUT2D eigenvalue weighted by atomic mass is 32.2. The molecule has 1 amide bonds. The molecular weight excluding hydrogens is 374 g/mol. The van der Waals surface area contributed by atoms with Gasteiger partial charge in [0.05, 0.1) is 16.0 Å². The first-order chi connectivity index (χ1) is 13.1. The zero-order chi connectivity index (χ0) is 18.8. The highest BCUT2D eigenvalue weighted by molar-refractivity contribution is 8.01. The Bertz CT molecular complexity index is 967. The van der Waals surface area contributed by atoms with Crippen molar-refractivity contribution in [3.8, 4) is 0 Å². The predicted octanol–water partition coefficient (Wildman–Crippen LogP) is 4.43. The quantitative estimate of drug-likeness (QED) is 0.597. The van der Waals surface area contributed by atoms with E-state index in [0.717, 1.165) is 41.5 Å². The number of hydrogen-bond acceptors (Lipinski definition) is 5. The molecule has 0 fully saturated rings. The van der Waals surface area contributed by atoms with Crippen molar-refractivity contribution in [1.29, 1.82) is 0 Å². The number of nitrogens with zero attached hydrogens (tertiary/aromatic N) is 3. The number of thioether (sulfide) groups is 1. The molecule has 0 bridgehead atoms. The zero-order valence-electron chi connectivity index (χ0n) is 15.6. The molecule has 0 unspecified atom stereocenters. The van der Waals surface area contributed by atoms with E-state index in [9.17, 15) is 4.79 Å². The summed E-state index contributed by atoms with van der Waals surface area (Å²) in [6, 6.07) is 14.7. The number of rotatable bonds is 5. The molecule has 6 heteroatoms. The van der Waals surface area contributed by atoms with Gasteiger partial charge >= 0.3 is 0 Å². The molecule has 0 saturated carbocycles. The summed E-state index contributed by atoms with van der Waals surface area (Å²) in [4.78, 5) is 21.6. The lowest BCUT2D eigenvalue weighted by Gasteiger charge is -2.29. The van der Waals surface area contributed by atoms with Crippen LogP contribution in [0, 0.1) is 0 Å².